The summed E-state index contributed by atoms with van der Waals surface area (Å²) in [5.74, 6) is 1.32. The molecule has 1 heterocycles. The Kier molecular flexibility index (Phi) is 4.99. The van der Waals surface area contributed by atoms with Crippen LogP contribution < -0.4 is 5.73 Å². The van der Waals surface area contributed by atoms with E-state index in [1.165, 1.54) is 0 Å². The third-order valence-electron chi connectivity index (χ3n) is 2.73. The SMILES string of the molecule is CCCc1nc(Cc2cccc(Cl)c2)nc(N)c1I. The van der Waals surface area contributed by atoms with Gasteiger partial charge in [-0.05, 0) is 46.7 Å². The maximum absolute atomic E-state index is 5.98. The Morgan fingerprint density at radius 1 is 1.32 bits per heavy atom. The first-order chi connectivity index (χ1) is 9.10. The number of hydrogen-bond donors (Lipinski definition) is 1. The molecule has 100 valence electrons. The number of nitrogen functional groups attached to an aromatic ring is 1. The van der Waals surface area contributed by atoms with Gasteiger partial charge in [-0.1, -0.05) is 37.1 Å². The normalized spacial score (nSPS) is 10.7. The zero-order chi connectivity index (χ0) is 13.8. The number of halogens is 2. The first-order valence-electron chi connectivity index (χ1n) is 6.15. The van der Waals surface area contributed by atoms with Crippen LogP contribution in [0.15, 0.2) is 24.3 Å². The molecule has 0 atom stereocenters. The number of anilines is 1. The number of rotatable bonds is 4. The molecule has 0 saturated heterocycles. The van der Waals surface area contributed by atoms with Crippen LogP contribution >= 0.6 is 34.2 Å². The molecule has 0 spiro atoms. The van der Waals surface area contributed by atoms with E-state index < -0.39 is 0 Å². The van der Waals surface area contributed by atoms with Crippen molar-refractivity contribution in [3.05, 3.63) is 49.9 Å². The lowest BCUT2D eigenvalue weighted by Crippen LogP contribution is -2.08. The maximum Gasteiger partial charge on any atom is 0.140 e. The zero-order valence-corrected chi connectivity index (χ0v) is 13.6. The Hall–Kier alpha value is -0.880. The molecule has 1 aromatic heterocycles. The Bertz CT molecular complexity index is 587. The Morgan fingerprint density at radius 2 is 2.11 bits per heavy atom. The summed E-state index contributed by atoms with van der Waals surface area (Å²) in [6, 6.07) is 7.73. The van der Waals surface area contributed by atoms with Crippen LogP contribution in [0.5, 0.6) is 0 Å². The lowest BCUT2D eigenvalue weighted by Gasteiger charge is -2.08. The van der Waals surface area contributed by atoms with Crippen LogP contribution in [0.25, 0.3) is 0 Å². The molecule has 2 N–H and O–H groups in total. The summed E-state index contributed by atoms with van der Waals surface area (Å²) in [6.07, 6.45) is 2.62. The number of nitrogens with zero attached hydrogens (tertiary/aromatic N) is 2. The quantitative estimate of drug-likeness (QED) is 0.811. The number of aryl methyl sites for hydroxylation is 1. The maximum atomic E-state index is 5.98. The van der Waals surface area contributed by atoms with Crippen molar-refractivity contribution < 1.29 is 0 Å². The van der Waals surface area contributed by atoms with Crippen molar-refractivity contribution in [3.63, 3.8) is 0 Å². The van der Waals surface area contributed by atoms with Gasteiger partial charge in [-0.25, -0.2) is 9.97 Å². The van der Waals surface area contributed by atoms with Gasteiger partial charge in [0, 0.05) is 11.4 Å². The van der Waals surface area contributed by atoms with Gasteiger partial charge in [0.25, 0.3) is 0 Å². The second-order valence-corrected chi connectivity index (χ2v) is 5.86. The molecule has 0 saturated carbocycles. The molecule has 0 radical (unpaired) electrons. The number of hydrogen-bond acceptors (Lipinski definition) is 3. The standard InChI is InChI=1S/C14H15ClIN3/c1-2-4-11-13(16)14(17)19-12(18-11)8-9-5-3-6-10(15)7-9/h3,5-7H,2,4,8H2,1H3,(H2,17,18,19). The summed E-state index contributed by atoms with van der Waals surface area (Å²) >= 11 is 8.19. The molecule has 0 fully saturated rings. The predicted octanol–water partition coefficient (Wildman–Crippen LogP) is 3.86. The van der Waals surface area contributed by atoms with Crippen LogP contribution in [0.3, 0.4) is 0 Å². The zero-order valence-electron chi connectivity index (χ0n) is 10.7. The van der Waals surface area contributed by atoms with E-state index in [1.54, 1.807) is 0 Å². The number of nitrogens with two attached hydrogens (primary N) is 1. The summed E-state index contributed by atoms with van der Waals surface area (Å²) in [4.78, 5) is 8.96. The molecular formula is C14H15ClIN3. The van der Waals surface area contributed by atoms with Gasteiger partial charge in [-0.2, -0.15) is 0 Å². The lowest BCUT2D eigenvalue weighted by atomic mass is 10.1. The van der Waals surface area contributed by atoms with Gasteiger partial charge < -0.3 is 5.73 Å². The van der Waals surface area contributed by atoms with E-state index in [4.69, 9.17) is 17.3 Å². The largest absolute Gasteiger partial charge is 0.383 e. The van der Waals surface area contributed by atoms with Gasteiger partial charge >= 0.3 is 0 Å². The highest BCUT2D eigenvalue weighted by molar-refractivity contribution is 14.1. The Morgan fingerprint density at radius 3 is 2.79 bits per heavy atom. The molecule has 2 rings (SSSR count). The Labute approximate surface area is 131 Å². The molecule has 5 heteroatoms. The molecule has 19 heavy (non-hydrogen) atoms. The van der Waals surface area contributed by atoms with Gasteiger partial charge in [-0.3, -0.25) is 0 Å². The molecule has 0 aliphatic rings. The van der Waals surface area contributed by atoms with Gasteiger partial charge in [0.1, 0.15) is 11.6 Å². The summed E-state index contributed by atoms with van der Waals surface area (Å²) < 4.78 is 0.967. The van der Waals surface area contributed by atoms with Crippen LogP contribution in [0.1, 0.15) is 30.4 Å². The second kappa shape index (κ2) is 6.52. The average Bonchev–Trinajstić information content (AvgIpc) is 2.35. The van der Waals surface area contributed by atoms with Crippen molar-refractivity contribution in [2.75, 3.05) is 5.73 Å². The van der Waals surface area contributed by atoms with Crippen molar-refractivity contribution in [1.82, 2.24) is 9.97 Å². The van der Waals surface area contributed by atoms with E-state index in [2.05, 4.69) is 39.5 Å². The summed E-state index contributed by atoms with van der Waals surface area (Å²) in [7, 11) is 0. The van der Waals surface area contributed by atoms with Crippen LogP contribution in [0.4, 0.5) is 5.82 Å². The fraction of sp³-hybridized carbons (Fsp3) is 0.286. The first kappa shape index (κ1) is 14.5. The highest BCUT2D eigenvalue weighted by Crippen LogP contribution is 2.20. The minimum Gasteiger partial charge on any atom is -0.383 e. The van der Waals surface area contributed by atoms with Crippen LogP contribution in [-0.2, 0) is 12.8 Å². The van der Waals surface area contributed by atoms with E-state index in [0.717, 1.165) is 38.5 Å². The second-order valence-electron chi connectivity index (χ2n) is 4.34. The van der Waals surface area contributed by atoms with Crippen molar-refractivity contribution in [1.29, 1.82) is 0 Å². The molecule has 0 amide bonds. The summed E-state index contributed by atoms with van der Waals surface area (Å²) in [6.45, 7) is 2.13. The number of benzene rings is 1. The Balaban J connectivity index is 2.30. The minimum atomic E-state index is 0.566. The molecular weight excluding hydrogens is 373 g/mol. The molecule has 1 aromatic carbocycles. The van der Waals surface area contributed by atoms with Crippen LogP contribution in [0, 0.1) is 3.57 Å². The van der Waals surface area contributed by atoms with E-state index >= 15 is 0 Å². The molecule has 0 aliphatic carbocycles. The van der Waals surface area contributed by atoms with Crippen molar-refractivity contribution in [2.24, 2.45) is 0 Å². The fourth-order valence-corrected chi connectivity index (χ4v) is 2.60. The molecule has 0 aliphatic heterocycles. The van der Waals surface area contributed by atoms with Crippen molar-refractivity contribution in [2.45, 2.75) is 26.2 Å². The van der Waals surface area contributed by atoms with Gasteiger partial charge in [-0.15, -0.1) is 0 Å². The van der Waals surface area contributed by atoms with E-state index in [9.17, 15) is 0 Å². The predicted molar refractivity (Wildman–Crippen MR) is 87.4 cm³/mol. The van der Waals surface area contributed by atoms with Gasteiger partial charge in [0.2, 0.25) is 0 Å². The average molecular weight is 388 g/mol. The molecule has 0 bridgehead atoms. The van der Waals surface area contributed by atoms with E-state index in [-0.39, 0.29) is 0 Å². The van der Waals surface area contributed by atoms with Crippen molar-refractivity contribution in [3.8, 4) is 0 Å². The summed E-state index contributed by atoms with van der Waals surface area (Å²) in [5.41, 5.74) is 8.08. The van der Waals surface area contributed by atoms with Gasteiger partial charge in [0.15, 0.2) is 0 Å². The van der Waals surface area contributed by atoms with Crippen molar-refractivity contribution >= 4 is 40.0 Å². The van der Waals surface area contributed by atoms with Crippen LogP contribution in [-0.4, -0.2) is 9.97 Å². The summed E-state index contributed by atoms with van der Waals surface area (Å²) in [5, 5.41) is 0.727. The van der Waals surface area contributed by atoms with E-state index in [0.29, 0.717) is 12.2 Å². The molecule has 0 unspecified atom stereocenters. The highest BCUT2D eigenvalue weighted by Gasteiger charge is 2.10. The molecule has 2 aromatic rings. The van der Waals surface area contributed by atoms with Crippen LogP contribution in [0.2, 0.25) is 5.02 Å². The lowest BCUT2D eigenvalue weighted by molar-refractivity contribution is 0.836. The first-order valence-corrected chi connectivity index (χ1v) is 7.61. The minimum absolute atomic E-state index is 0.566. The van der Waals surface area contributed by atoms with Gasteiger partial charge in [0.05, 0.1) is 9.26 Å². The third kappa shape index (κ3) is 3.79. The topological polar surface area (TPSA) is 51.8 Å². The monoisotopic (exact) mass is 387 g/mol. The van der Waals surface area contributed by atoms with E-state index in [1.807, 2.05) is 24.3 Å². The molecule has 3 nitrogen and oxygen atoms in total. The third-order valence-corrected chi connectivity index (χ3v) is 4.14. The fourth-order valence-electron chi connectivity index (χ4n) is 1.88. The smallest absolute Gasteiger partial charge is 0.140 e. The highest BCUT2D eigenvalue weighted by atomic mass is 127. The number of aromatic nitrogens is 2.